The van der Waals surface area contributed by atoms with Crippen LogP contribution < -0.4 is 4.90 Å². The number of aliphatic carboxylic acids is 1. The van der Waals surface area contributed by atoms with Gasteiger partial charge in [-0.3, -0.25) is 4.79 Å². The normalized spacial score (nSPS) is 25.9. The first kappa shape index (κ1) is 10.6. The van der Waals surface area contributed by atoms with Gasteiger partial charge in [-0.15, -0.1) is 0 Å². The van der Waals surface area contributed by atoms with E-state index >= 15 is 0 Å². The maximum absolute atomic E-state index is 11.0. The van der Waals surface area contributed by atoms with Crippen molar-refractivity contribution in [2.45, 2.75) is 19.3 Å². The number of carbonyl (C=O) groups is 1. The predicted molar refractivity (Wildman–Crippen MR) is 66.1 cm³/mol. The van der Waals surface area contributed by atoms with Gasteiger partial charge in [0.1, 0.15) is 0 Å². The van der Waals surface area contributed by atoms with Crippen LogP contribution in [0.15, 0.2) is 30.3 Å². The quantitative estimate of drug-likeness (QED) is 0.849. The summed E-state index contributed by atoms with van der Waals surface area (Å²) in [5.74, 6) is -0.668. The zero-order valence-electron chi connectivity index (χ0n) is 9.80. The lowest BCUT2D eigenvalue weighted by Gasteiger charge is -2.34. The molecule has 1 saturated carbocycles. The van der Waals surface area contributed by atoms with E-state index in [1.807, 2.05) is 6.07 Å². The van der Waals surface area contributed by atoms with Gasteiger partial charge < -0.3 is 10.0 Å². The number of carboxylic acids is 1. The van der Waals surface area contributed by atoms with E-state index < -0.39 is 5.97 Å². The molecule has 1 N–H and O–H groups in total. The molecule has 1 aromatic carbocycles. The Labute approximate surface area is 101 Å². The average molecular weight is 231 g/mol. The van der Waals surface area contributed by atoms with E-state index in [1.165, 1.54) is 5.69 Å². The number of hydrogen-bond acceptors (Lipinski definition) is 2. The van der Waals surface area contributed by atoms with Crippen LogP contribution in [-0.2, 0) is 4.79 Å². The summed E-state index contributed by atoms with van der Waals surface area (Å²) in [7, 11) is 0. The van der Waals surface area contributed by atoms with E-state index in [2.05, 4.69) is 29.2 Å². The average Bonchev–Trinajstić information content (AvgIpc) is 3.06. The van der Waals surface area contributed by atoms with Crippen molar-refractivity contribution in [2.24, 2.45) is 11.3 Å². The molecule has 17 heavy (non-hydrogen) atoms. The molecule has 3 heteroatoms. The Kier molecular flexibility index (Phi) is 2.35. The van der Waals surface area contributed by atoms with Crippen LogP contribution >= 0.6 is 0 Å². The Hall–Kier alpha value is -1.51. The molecule has 2 fully saturated rings. The summed E-state index contributed by atoms with van der Waals surface area (Å²) < 4.78 is 0. The van der Waals surface area contributed by atoms with Crippen molar-refractivity contribution in [1.29, 1.82) is 0 Å². The predicted octanol–water partition coefficient (Wildman–Crippen LogP) is 2.38. The van der Waals surface area contributed by atoms with Gasteiger partial charge in [0.2, 0.25) is 0 Å². The first-order chi connectivity index (χ1) is 8.21. The van der Waals surface area contributed by atoms with Gasteiger partial charge in [-0.05, 0) is 36.8 Å². The number of benzene rings is 1. The number of piperidine rings is 1. The molecule has 3 nitrogen and oxygen atoms in total. The molecule has 1 atom stereocenters. The smallest absolute Gasteiger partial charge is 0.307 e. The molecule has 1 aliphatic carbocycles. The fraction of sp³-hybridized carbons (Fsp3) is 0.500. The van der Waals surface area contributed by atoms with Crippen molar-refractivity contribution >= 4 is 11.7 Å². The van der Waals surface area contributed by atoms with Crippen LogP contribution in [0, 0.1) is 11.3 Å². The minimum Gasteiger partial charge on any atom is -0.481 e. The van der Waals surface area contributed by atoms with Crippen molar-refractivity contribution in [3.05, 3.63) is 30.3 Å². The highest BCUT2D eigenvalue weighted by Crippen LogP contribution is 2.59. The molecule has 0 bridgehead atoms. The summed E-state index contributed by atoms with van der Waals surface area (Å²) in [6.45, 7) is 1.99. The molecule has 0 aromatic heterocycles. The van der Waals surface area contributed by atoms with Gasteiger partial charge >= 0.3 is 5.97 Å². The third kappa shape index (κ3) is 1.79. The molecule has 3 rings (SSSR count). The lowest BCUT2D eigenvalue weighted by atomic mass is 9.90. The molecule has 0 radical (unpaired) electrons. The van der Waals surface area contributed by atoms with Gasteiger partial charge in [0.05, 0.1) is 5.92 Å². The molecule has 1 aliphatic heterocycles. The van der Waals surface area contributed by atoms with Crippen LogP contribution in [0.25, 0.3) is 0 Å². The second kappa shape index (κ2) is 3.76. The van der Waals surface area contributed by atoms with Crippen molar-refractivity contribution in [2.75, 3.05) is 18.0 Å². The van der Waals surface area contributed by atoms with Gasteiger partial charge in [-0.25, -0.2) is 0 Å². The number of rotatable bonds is 2. The molecule has 1 spiro atoms. The van der Waals surface area contributed by atoms with Crippen LogP contribution in [0.3, 0.4) is 0 Å². The molecule has 1 saturated heterocycles. The molecule has 1 unspecified atom stereocenters. The van der Waals surface area contributed by atoms with Gasteiger partial charge in [0.15, 0.2) is 0 Å². The summed E-state index contributed by atoms with van der Waals surface area (Å²) in [6.07, 6.45) is 2.95. The minimum absolute atomic E-state index is 0.0691. The lowest BCUT2D eigenvalue weighted by Crippen LogP contribution is -2.35. The Morgan fingerprint density at radius 1 is 1.24 bits per heavy atom. The summed E-state index contributed by atoms with van der Waals surface area (Å²) in [6, 6.07) is 10.4. The summed E-state index contributed by atoms with van der Waals surface area (Å²) in [4.78, 5) is 13.3. The third-order valence-corrected chi connectivity index (χ3v) is 4.37. The number of carboxylic acid groups (broad SMARTS) is 1. The largest absolute Gasteiger partial charge is 0.481 e. The number of nitrogens with zero attached hydrogens (tertiary/aromatic N) is 1. The molecule has 1 aromatic rings. The highest BCUT2D eigenvalue weighted by Gasteiger charge is 2.58. The molecular weight excluding hydrogens is 214 g/mol. The van der Waals surface area contributed by atoms with E-state index in [1.54, 1.807) is 0 Å². The maximum atomic E-state index is 11.0. The van der Waals surface area contributed by atoms with E-state index in [0.29, 0.717) is 0 Å². The summed E-state index contributed by atoms with van der Waals surface area (Å²) in [5, 5.41) is 9.04. The highest BCUT2D eigenvalue weighted by molar-refractivity contribution is 5.75. The second-order valence-corrected chi connectivity index (χ2v) is 5.28. The lowest BCUT2D eigenvalue weighted by molar-refractivity contribution is -0.139. The van der Waals surface area contributed by atoms with Gasteiger partial charge in [-0.1, -0.05) is 18.2 Å². The first-order valence-corrected chi connectivity index (χ1v) is 6.24. The van der Waals surface area contributed by atoms with E-state index in [9.17, 15) is 4.79 Å². The summed E-state index contributed by atoms with van der Waals surface area (Å²) >= 11 is 0. The van der Waals surface area contributed by atoms with Crippen LogP contribution in [0.2, 0.25) is 0 Å². The Morgan fingerprint density at radius 3 is 2.41 bits per heavy atom. The maximum Gasteiger partial charge on any atom is 0.307 e. The van der Waals surface area contributed by atoms with Crippen LogP contribution in [0.4, 0.5) is 5.69 Å². The minimum atomic E-state index is -0.599. The monoisotopic (exact) mass is 231 g/mol. The Balaban J connectivity index is 1.64. The van der Waals surface area contributed by atoms with E-state index in [-0.39, 0.29) is 11.3 Å². The first-order valence-electron chi connectivity index (χ1n) is 6.24. The highest BCUT2D eigenvalue weighted by atomic mass is 16.4. The fourth-order valence-electron chi connectivity index (χ4n) is 3.10. The van der Waals surface area contributed by atoms with Crippen LogP contribution in [0.5, 0.6) is 0 Å². The third-order valence-electron chi connectivity index (χ3n) is 4.37. The Bertz CT molecular complexity index is 421. The molecule has 90 valence electrons. The SMILES string of the molecule is O=C(O)C1CC12CCN(c1ccccc1)CC2. The Morgan fingerprint density at radius 2 is 1.88 bits per heavy atom. The number of hydrogen-bond donors (Lipinski definition) is 1. The van der Waals surface area contributed by atoms with E-state index in [0.717, 1.165) is 32.4 Å². The van der Waals surface area contributed by atoms with Crippen molar-refractivity contribution in [3.8, 4) is 0 Å². The molecule has 2 aliphatic rings. The molecule has 0 amide bonds. The molecule has 1 heterocycles. The number of para-hydroxylation sites is 1. The van der Waals surface area contributed by atoms with Gasteiger partial charge in [0.25, 0.3) is 0 Å². The van der Waals surface area contributed by atoms with Crippen molar-refractivity contribution in [1.82, 2.24) is 0 Å². The van der Waals surface area contributed by atoms with Crippen LogP contribution in [-0.4, -0.2) is 24.2 Å². The van der Waals surface area contributed by atoms with Crippen molar-refractivity contribution < 1.29 is 9.90 Å². The van der Waals surface area contributed by atoms with Crippen LogP contribution in [0.1, 0.15) is 19.3 Å². The second-order valence-electron chi connectivity index (χ2n) is 5.28. The van der Waals surface area contributed by atoms with Gasteiger partial charge in [-0.2, -0.15) is 0 Å². The summed E-state index contributed by atoms with van der Waals surface area (Å²) in [5.41, 5.74) is 1.40. The molecular formula is C14H17NO2. The zero-order chi connectivity index (χ0) is 11.9. The number of anilines is 1. The zero-order valence-corrected chi connectivity index (χ0v) is 9.80. The fourth-order valence-corrected chi connectivity index (χ4v) is 3.10. The van der Waals surface area contributed by atoms with Gasteiger partial charge in [0, 0.05) is 18.8 Å². The topological polar surface area (TPSA) is 40.5 Å². The van der Waals surface area contributed by atoms with E-state index in [4.69, 9.17) is 5.11 Å². The van der Waals surface area contributed by atoms with Crippen molar-refractivity contribution in [3.63, 3.8) is 0 Å². The standard InChI is InChI=1S/C14H17NO2/c16-13(17)12-10-14(12)6-8-15(9-7-14)11-4-2-1-3-5-11/h1-5,12H,6-10H2,(H,16,17).